The summed E-state index contributed by atoms with van der Waals surface area (Å²) in [4.78, 5) is 0. The molecule has 0 radical (unpaired) electrons. The van der Waals surface area contributed by atoms with Crippen LogP contribution in [0.3, 0.4) is 0 Å². The number of hydrogen-bond acceptors (Lipinski definition) is 0. The average molecular weight is 365 g/mol. The van der Waals surface area contributed by atoms with Crippen molar-refractivity contribution in [1.29, 1.82) is 0 Å². The number of hydrogen-bond donors (Lipinski definition) is 0. The van der Waals surface area contributed by atoms with Crippen molar-refractivity contribution < 1.29 is 12.4 Å². The molecule has 0 bridgehead atoms. The van der Waals surface area contributed by atoms with Crippen LogP contribution < -0.4 is 12.4 Å². The molecule has 3 heteroatoms. The van der Waals surface area contributed by atoms with E-state index in [1.807, 2.05) is 30.3 Å². The van der Waals surface area contributed by atoms with Crippen LogP contribution in [0.4, 0.5) is 0 Å². The minimum atomic E-state index is 0. The van der Waals surface area contributed by atoms with Gasteiger partial charge in [0.1, 0.15) is 0 Å². The molecule has 0 atom stereocenters. The van der Waals surface area contributed by atoms with Gasteiger partial charge < -0.3 is 12.4 Å². The first-order valence-corrected chi connectivity index (χ1v) is 11.4. The molecule has 22 heavy (non-hydrogen) atoms. The van der Waals surface area contributed by atoms with Gasteiger partial charge in [-0.1, -0.05) is 70.4 Å². The fraction of sp³-hybridized carbons (Fsp3) is 0.684. The summed E-state index contributed by atoms with van der Waals surface area (Å²) in [5, 5.41) is 0. The molecule has 0 nitrogen and oxygen atoms in total. The van der Waals surface area contributed by atoms with Crippen LogP contribution in [-0.2, 0) is 5.88 Å². The van der Waals surface area contributed by atoms with Crippen LogP contribution in [0.2, 0.25) is 0 Å². The zero-order valence-corrected chi connectivity index (χ0v) is 17.2. The Balaban J connectivity index is 0. The Hall–Kier alpha value is 0.230. The second-order valence-electron chi connectivity index (χ2n) is 5.68. The summed E-state index contributed by atoms with van der Waals surface area (Å²) in [6, 6.07) is 9.96. The van der Waals surface area contributed by atoms with E-state index in [9.17, 15) is 0 Å². The minimum absolute atomic E-state index is 0. The largest absolute Gasteiger partial charge is 1.00 e. The Bertz CT molecular complexity index is 285. The highest BCUT2D eigenvalue weighted by molar-refractivity contribution is 7.57. The van der Waals surface area contributed by atoms with Gasteiger partial charge in [-0.3, -0.25) is 0 Å². The van der Waals surface area contributed by atoms with Crippen LogP contribution in [0, 0.1) is 0 Å². The number of alkyl halides is 1. The highest BCUT2D eigenvalue weighted by Crippen LogP contribution is 2.38. The first-order chi connectivity index (χ1) is 10.3. The van der Waals surface area contributed by atoms with E-state index in [1.165, 1.54) is 44.1 Å². The Morgan fingerprint density at radius 1 is 0.773 bits per heavy atom. The third kappa shape index (κ3) is 15.1. The van der Waals surface area contributed by atoms with Crippen LogP contribution >= 0.6 is 19.5 Å². The van der Waals surface area contributed by atoms with E-state index in [-0.39, 0.29) is 20.3 Å². The number of unbranched alkanes of at least 4 members (excludes halogenated alkanes) is 3. The SMILES string of the molecule is CCCC[PH+](CCCC)CCCC.ClCc1ccccc1.[Cl-]. The molecule has 0 spiro atoms. The van der Waals surface area contributed by atoms with E-state index < -0.39 is 0 Å². The average Bonchev–Trinajstić information content (AvgIpc) is 2.55. The second-order valence-corrected chi connectivity index (χ2v) is 8.95. The van der Waals surface area contributed by atoms with Gasteiger partial charge in [0, 0.05) is 13.8 Å². The monoisotopic (exact) mass is 364 g/mol. The molecule has 0 aliphatic carbocycles. The standard InChI is InChI=1S/C12H27P.C7H7Cl.ClH/c1-4-7-10-13(11-8-5-2)12-9-6-3;8-6-7-4-2-1-3-5-7;/h4-12H2,1-3H3;1-5H,6H2;1H. The molecule has 0 saturated heterocycles. The van der Waals surface area contributed by atoms with Crippen molar-refractivity contribution in [3.05, 3.63) is 35.9 Å². The molecule has 0 aliphatic heterocycles. The molecule has 1 rings (SSSR count). The predicted molar refractivity (Wildman–Crippen MR) is 104 cm³/mol. The smallest absolute Gasteiger partial charge is 0.0571 e. The summed E-state index contributed by atoms with van der Waals surface area (Å²) in [7, 11) is 0.0675. The lowest BCUT2D eigenvalue weighted by Gasteiger charge is -2.09. The van der Waals surface area contributed by atoms with Gasteiger partial charge in [0.05, 0.1) is 18.5 Å². The number of rotatable bonds is 10. The van der Waals surface area contributed by atoms with Crippen molar-refractivity contribution in [2.24, 2.45) is 0 Å². The topological polar surface area (TPSA) is 0 Å². The second kappa shape index (κ2) is 19.3. The Labute approximate surface area is 151 Å². The molecule has 130 valence electrons. The lowest BCUT2D eigenvalue weighted by atomic mass is 10.2. The van der Waals surface area contributed by atoms with Crippen LogP contribution in [0.15, 0.2) is 30.3 Å². The summed E-state index contributed by atoms with van der Waals surface area (Å²) in [6.45, 7) is 6.96. The molecule has 0 aliphatic rings. The van der Waals surface area contributed by atoms with E-state index >= 15 is 0 Å². The normalized spacial score (nSPS) is 9.86. The predicted octanol–water partition coefficient (Wildman–Crippen LogP) is 4.03. The molecule has 0 aromatic heterocycles. The van der Waals surface area contributed by atoms with Gasteiger partial charge in [0.15, 0.2) is 0 Å². The summed E-state index contributed by atoms with van der Waals surface area (Å²) in [5.41, 5.74) is 1.18. The third-order valence-electron chi connectivity index (χ3n) is 3.65. The molecular weight excluding hydrogens is 330 g/mol. The first-order valence-electron chi connectivity index (χ1n) is 8.71. The molecule has 0 N–H and O–H groups in total. The van der Waals surface area contributed by atoms with Crippen molar-refractivity contribution in [2.75, 3.05) is 18.5 Å². The van der Waals surface area contributed by atoms with Gasteiger partial charge >= 0.3 is 0 Å². The van der Waals surface area contributed by atoms with Crippen LogP contribution in [0.1, 0.15) is 64.9 Å². The van der Waals surface area contributed by atoms with E-state index in [2.05, 4.69) is 20.8 Å². The molecule has 1 aromatic rings. The van der Waals surface area contributed by atoms with E-state index in [0.29, 0.717) is 5.88 Å². The van der Waals surface area contributed by atoms with Crippen LogP contribution in [0.5, 0.6) is 0 Å². The van der Waals surface area contributed by atoms with Crippen molar-refractivity contribution >= 4 is 19.5 Å². The van der Waals surface area contributed by atoms with Gasteiger partial charge in [0.2, 0.25) is 0 Å². The van der Waals surface area contributed by atoms with Crippen LogP contribution in [0.25, 0.3) is 0 Å². The van der Waals surface area contributed by atoms with Crippen molar-refractivity contribution in [3.8, 4) is 0 Å². The molecule has 1 aromatic carbocycles. The quantitative estimate of drug-likeness (QED) is 0.434. The maximum atomic E-state index is 5.53. The Kier molecular flexibility index (Phi) is 21.5. The highest BCUT2D eigenvalue weighted by Gasteiger charge is 2.12. The summed E-state index contributed by atoms with van der Waals surface area (Å²) in [5.74, 6) is 0.612. The lowest BCUT2D eigenvalue weighted by molar-refractivity contribution is -0.00000458. The minimum Gasteiger partial charge on any atom is -1.00 e. The fourth-order valence-electron chi connectivity index (χ4n) is 2.22. The van der Waals surface area contributed by atoms with Gasteiger partial charge in [-0.15, -0.1) is 11.6 Å². The Morgan fingerprint density at radius 3 is 1.45 bits per heavy atom. The van der Waals surface area contributed by atoms with Crippen molar-refractivity contribution in [2.45, 2.75) is 65.2 Å². The number of benzene rings is 1. The van der Waals surface area contributed by atoms with E-state index in [1.54, 1.807) is 18.5 Å². The van der Waals surface area contributed by atoms with Gasteiger partial charge in [-0.2, -0.15) is 0 Å². The molecule has 0 fully saturated rings. The molecule has 0 unspecified atom stereocenters. The zero-order chi connectivity index (χ0) is 15.8. The Morgan fingerprint density at radius 2 is 1.18 bits per heavy atom. The van der Waals surface area contributed by atoms with E-state index in [4.69, 9.17) is 11.6 Å². The van der Waals surface area contributed by atoms with Crippen LogP contribution in [-0.4, -0.2) is 18.5 Å². The number of halogens is 2. The first kappa shape index (κ1) is 24.5. The molecule has 0 heterocycles. The van der Waals surface area contributed by atoms with Gasteiger partial charge in [0.25, 0.3) is 0 Å². The summed E-state index contributed by atoms with van der Waals surface area (Å²) in [6.07, 6.45) is 13.4. The maximum Gasteiger partial charge on any atom is 0.0571 e. The van der Waals surface area contributed by atoms with Crippen molar-refractivity contribution in [3.63, 3.8) is 0 Å². The highest BCUT2D eigenvalue weighted by atomic mass is 35.5. The molecular formula is C19H35Cl2P. The zero-order valence-electron chi connectivity index (χ0n) is 14.7. The van der Waals surface area contributed by atoms with Gasteiger partial charge in [-0.05, 0) is 24.8 Å². The molecule has 0 saturated carbocycles. The summed E-state index contributed by atoms with van der Waals surface area (Å²) >= 11 is 5.53. The fourth-order valence-corrected chi connectivity index (χ4v) is 5.71. The maximum absolute atomic E-state index is 5.53. The lowest BCUT2D eigenvalue weighted by Crippen LogP contribution is -3.00. The van der Waals surface area contributed by atoms with Crippen molar-refractivity contribution in [1.82, 2.24) is 0 Å². The molecule has 0 amide bonds. The van der Waals surface area contributed by atoms with Gasteiger partial charge in [-0.25, -0.2) is 0 Å². The summed E-state index contributed by atoms with van der Waals surface area (Å²) < 4.78 is 0. The third-order valence-corrected chi connectivity index (χ3v) is 7.14. The van der Waals surface area contributed by atoms with E-state index in [0.717, 1.165) is 0 Å².